The standard InChI is InChI=1S/C16H23BrN4/c1-12(2)9-19-16(18)20-10-13-7-8-21(11-13)15-5-3-14(17)4-6-15/h3-6,13H,1,7-11H2,2H3,(H3,18,19,20). The van der Waals surface area contributed by atoms with Crippen LogP contribution in [0.3, 0.4) is 0 Å². The molecule has 0 radical (unpaired) electrons. The molecule has 0 aromatic heterocycles. The molecule has 0 saturated carbocycles. The predicted octanol–water partition coefficient (Wildman–Crippen LogP) is 2.76. The van der Waals surface area contributed by atoms with Crippen LogP contribution in [-0.4, -0.2) is 32.1 Å². The Balaban J connectivity index is 1.79. The van der Waals surface area contributed by atoms with Gasteiger partial charge >= 0.3 is 0 Å². The Bertz CT molecular complexity index is 510. The molecular weight excluding hydrogens is 328 g/mol. The Hall–Kier alpha value is -1.49. The molecule has 2 rings (SSSR count). The summed E-state index contributed by atoms with van der Waals surface area (Å²) in [6, 6.07) is 8.48. The molecule has 21 heavy (non-hydrogen) atoms. The zero-order valence-corrected chi connectivity index (χ0v) is 14.1. The first-order valence-electron chi connectivity index (χ1n) is 7.23. The predicted molar refractivity (Wildman–Crippen MR) is 93.8 cm³/mol. The summed E-state index contributed by atoms with van der Waals surface area (Å²) < 4.78 is 1.12. The Morgan fingerprint density at radius 3 is 2.86 bits per heavy atom. The maximum absolute atomic E-state index is 5.84. The van der Waals surface area contributed by atoms with Crippen LogP contribution in [0, 0.1) is 5.92 Å². The third kappa shape index (κ3) is 5.08. The molecule has 5 heteroatoms. The van der Waals surface area contributed by atoms with Crippen molar-refractivity contribution in [1.29, 1.82) is 0 Å². The summed E-state index contributed by atoms with van der Waals surface area (Å²) in [6.45, 7) is 9.38. The van der Waals surface area contributed by atoms with Gasteiger partial charge in [0.05, 0.1) is 6.54 Å². The summed E-state index contributed by atoms with van der Waals surface area (Å²) in [7, 11) is 0. The average molecular weight is 351 g/mol. The van der Waals surface area contributed by atoms with E-state index < -0.39 is 0 Å². The van der Waals surface area contributed by atoms with Gasteiger partial charge in [-0.25, -0.2) is 4.99 Å². The summed E-state index contributed by atoms with van der Waals surface area (Å²) in [4.78, 5) is 6.65. The second kappa shape index (κ2) is 7.50. The van der Waals surface area contributed by atoms with Crippen molar-refractivity contribution in [2.24, 2.45) is 16.6 Å². The number of hydrogen-bond donors (Lipinski definition) is 2. The van der Waals surface area contributed by atoms with E-state index in [9.17, 15) is 0 Å². The highest BCUT2D eigenvalue weighted by atomic mass is 79.9. The summed E-state index contributed by atoms with van der Waals surface area (Å²) in [5.74, 6) is 1.12. The second-order valence-electron chi connectivity index (χ2n) is 5.62. The van der Waals surface area contributed by atoms with Gasteiger partial charge in [0.2, 0.25) is 0 Å². The van der Waals surface area contributed by atoms with Gasteiger partial charge in [-0.2, -0.15) is 0 Å². The normalized spacial score (nSPS) is 18.9. The van der Waals surface area contributed by atoms with E-state index in [1.165, 1.54) is 12.1 Å². The number of nitrogens with two attached hydrogens (primary N) is 1. The Morgan fingerprint density at radius 2 is 2.19 bits per heavy atom. The maximum atomic E-state index is 5.84. The molecule has 1 unspecified atom stereocenters. The van der Waals surface area contributed by atoms with Gasteiger partial charge in [0.15, 0.2) is 5.96 Å². The van der Waals surface area contributed by atoms with Crippen molar-refractivity contribution in [3.05, 3.63) is 40.9 Å². The molecule has 1 aliphatic heterocycles. The Morgan fingerprint density at radius 1 is 1.48 bits per heavy atom. The lowest BCUT2D eigenvalue weighted by atomic mass is 10.1. The number of hydrogen-bond acceptors (Lipinski definition) is 2. The summed E-state index contributed by atoms with van der Waals surface area (Å²) in [5.41, 5.74) is 8.14. The summed E-state index contributed by atoms with van der Waals surface area (Å²) in [6.07, 6.45) is 1.18. The van der Waals surface area contributed by atoms with Crippen molar-refractivity contribution in [3.8, 4) is 0 Å². The fraction of sp³-hybridized carbons (Fsp3) is 0.438. The minimum atomic E-state index is 0.514. The highest BCUT2D eigenvalue weighted by Gasteiger charge is 2.22. The molecule has 1 saturated heterocycles. The van der Waals surface area contributed by atoms with E-state index in [0.717, 1.165) is 29.7 Å². The minimum Gasteiger partial charge on any atom is -0.371 e. The number of anilines is 1. The quantitative estimate of drug-likeness (QED) is 0.487. The van der Waals surface area contributed by atoms with E-state index >= 15 is 0 Å². The van der Waals surface area contributed by atoms with Crippen molar-refractivity contribution in [1.82, 2.24) is 5.32 Å². The first kappa shape index (κ1) is 15.9. The lowest BCUT2D eigenvalue weighted by molar-refractivity contribution is 0.570. The van der Waals surface area contributed by atoms with Crippen LogP contribution < -0.4 is 16.0 Å². The molecule has 0 bridgehead atoms. The highest BCUT2D eigenvalue weighted by Crippen LogP contribution is 2.24. The van der Waals surface area contributed by atoms with Crippen molar-refractivity contribution >= 4 is 27.6 Å². The molecule has 0 aliphatic carbocycles. The van der Waals surface area contributed by atoms with Crippen molar-refractivity contribution < 1.29 is 0 Å². The molecule has 0 amide bonds. The molecule has 1 aliphatic rings. The summed E-state index contributed by atoms with van der Waals surface area (Å²) >= 11 is 3.47. The van der Waals surface area contributed by atoms with Gasteiger partial charge in [0, 0.05) is 29.8 Å². The molecule has 1 atom stereocenters. The number of benzene rings is 1. The number of nitrogens with zero attached hydrogens (tertiary/aromatic N) is 2. The van der Waals surface area contributed by atoms with Crippen LogP contribution in [0.25, 0.3) is 0 Å². The fourth-order valence-corrected chi connectivity index (χ4v) is 2.67. The highest BCUT2D eigenvalue weighted by molar-refractivity contribution is 9.10. The average Bonchev–Trinajstić information content (AvgIpc) is 2.92. The molecule has 1 aromatic rings. The molecule has 0 spiro atoms. The van der Waals surface area contributed by atoms with E-state index in [0.29, 0.717) is 18.4 Å². The first-order valence-corrected chi connectivity index (χ1v) is 8.02. The molecular formula is C16H23BrN4. The number of guanidine groups is 1. The fourth-order valence-electron chi connectivity index (χ4n) is 2.41. The van der Waals surface area contributed by atoms with E-state index in [4.69, 9.17) is 5.73 Å². The van der Waals surface area contributed by atoms with Crippen LogP contribution in [0.15, 0.2) is 45.9 Å². The van der Waals surface area contributed by atoms with Crippen LogP contribution in [-0.2, 0) is 0 Å². The smallest absolute Gasteiger partial charge is 0.188 e. The molecule has 1 heterocycles. The SMILES string of the molecule is C=C(C)CN=C(N)NCC1CCN(c2ccc(Br)cc2)C1. The van der Waals surface area contributed by atoms with Gasteiger partial charge in [-0.1, -0.05) is 28.1 Å². The number of rotatable bonds is 5. The topological polar surface area (TPSA) is 53.6 Å². The lowest BCUT2D eigenvalue weighted by Crippen LogP contribution is -2.36. The van der Waals surface area contributed by atoms with Gasteiger partial charge in [-0.05, 0) is 43.5 Å². The monoisotopic (exact) mass is 350 g/mol. The largest absolute Gasteiger partial charge is 0.371 e. The minimum absolute atomic E-state index is 0.514. The first-order chi connectivity index (χ1) is 10.0. The Labute approximate surface area is 135 Å². The van der Waals surface area contributed by atoms with E-state index in [1.807, 2.05) is 6.92 Å². The molecule has 3 N–H and O–H groups in total. The van der Waals surface area contributed by atoms with Crippen LogP contribution >= 0.6 is 15.9 Å². The van der Waals surface area contributed by atoms with Crippen LogP contribution in [0.4, 0.5) is 5.69 Å². The van der Waals surface area contributed by atoms with Gasteiger partial charge in [-0.3, -0.25) is 0 Å². The third-order valence-electron chi connectivity index (χ3n) is 3.57. The van der Waals surface area contributed by atoms with Crippen molar-refractivity contribution in [3.63, 3.8) is 0 Å². The van der Waals surface area contributed by atoms with E-state index in [1.54, 1.807) is 0 Å². The zero-order chi connectivity index (χ0) is 15.2. The van der Waals surface area contributed by atoms with E-state index in [-0.39, 0.29) is 0 Å². The van der Waals surface area contributed by atoms with Crippen LogP contribution in [0.5, 0.6) is 0 Å². The van der Waals surface area contributed by atoms with Crippen LogP contribution in [0.2, 0.25) is 0 Å². The maximum Gasteiger partial charge on any atom is 0.188 e. The number of nitrogens with one attached hydrogen (secondary N) is 1. The third-order valence-corrected chi connectivity index (χ3v) is 4.10. The second-order valence-corrected chi connectivity index (χ2v) is 6.53. The van der Waals surface area contributed by atoms with Crippen molar-refractivity contribution in [2.45, 2.75) is 13.3 Å². The zero-order valence-electron chi connectivity index (χ0n) is 12.5. The lowest BCUT2D eigenvalue weighted by Gasteiger charge is -2.19. The number of aliphatic imine (C=N–C) groups is 1. The Kier molecular flexibility index (Phi) is 5.67. The van der Waals surface area contributed by atoms with Gasteiger partial charge < -0.3 is 16.0 Å². The van der Waals surface area contributed by atoms with E-state index in [2.05, 4.69) is 62.0 Å². The molecule has 4 nitrogen and oxygen atoms in total. The molecule has 1 aromatic carbocycles. The number of halogens is 1. The summed E-state index contributed by atoms with van der Waals surface area (Å²) in [5, 5.41) is 3.21. The van der Waals surface area contributed by atoms with Crippen LogP contribution in [0.1, 0.15) is 13.3 Å². The van der Waals surface area contributed by atoms with Gasteiger partial charge in [0.25, 0.3) is 0 Å². The van der Waals surface area contributed by atoms with Gasteiger partial charge in [-0.15, -0.1) is 0 Å². The van der Waals surface area contributed by atoms with Gasteiger partial charge in [0.1, 0.15) is 0 Å². The van der Waals surface area contributed by atoms with Crippen molar-refractivity contribution in [2.75, 3.05) is 31.1 Å². The molecule has 114 valence electrons. The molecule has 1 fully saturated rings.